The van der Waals surface area contributed by atoms with Gasteiger partial charge >= 0.3 is 5.97 Å². The third kappa shape index (κ3) is 1.93. The number of benzene rings is 1. The van der Waals surface area contributed by atoms with E-state index in [1.54, 1.807) is 5.38 Å². The molecule has 4 heteroatoms. The molecule has 3 rings (SSSR count). The molecule has 92 valence electrons. The number of aromatic carboxylic acids is 1. The van der Waals surface area contributed by atoms with Crippen molar-refractivity contribution in [2.24, 2.45) is 0 Å². The average Bonchev–Trinajstić information content (AvgIpc) is 2.87. The van der Waals surface area contributed by atoms with Crippen molar-refractivity contribution in [1.29, 1.82) is 0 Å². The molecule has 3 nitrogen and oxygen atoms in total. The van der Waals surface area contributed by atoms with Crippen LogP contribution in [0.5, 0.6) is 0 Å². The lowest BCUT2D eigenvalue weighted by Gasteiger charge is -2.23. The first-order valence-electron chi connectivity index (χ1n) is 6.02. The van der Waals surface area contributed by atoms with Gasteiger partial charge in [0.15, 0.2) is 5.69 Å². The number of thiazole rings is 1. The Morgan fingerprint density at radius 2 is 2.22 bits per heavy atom. The smallest absolute Gasteiger partial charge is 0.355 e. The van der Waals surface area contributed by atoms with Crippen LogP contribution in [0.3, 0.4) is 0 Å². The van der Waals surface area contributed by atoms with E-state index in [1.165, 1.54) is 22.5 Å². The Kier molecular flexibility index (Phi) is 2.88. The Bertz CT molecular complexity index is 591. The largest absolute Gasteiger partial charge is 0.476 e. The standard InChI is InChI=1S/C14H13NO2S/c16-14(17)12-8-18-13(15-12)11-7-3-5-9-4-1-2-6-10(9)11/h1-2,4,6,8,11H,3,5,7H2,(H,16,17). The van der Waals surface area contributed by atoms with Gasteiger partial charge in [-0.25, -0.2) is 9.78 Å². The second-order valence-corrected chi connectivity index (χ2v) is 5.41. The fourth-order valence-electron chi connectivity index (χ4n) is 2.56. The average molecular weight is 259 g/mol. The number of fused-ring (bicyclic) bond motifs is 1. The van der Waals surface area contributed by atoms with Crippen LogP contribution in [0.2, 0.25) is 0 Å². The van der Waals surface area contributed by atoms with Gasteiger partial charge in [-0.15, -0.1) is 11.3 Å². The maximum atomic E-state index is 10.9. The molecule has 0 aliphatic heterocycles. The van der Waals surface area contributed by atoms with Crippen molar-refractivity contribution in [2.75, 3.05) is 0 Å². The van der Waals surface area contributed by atoms with E-state index < -0.39 is 5.97 Å². The van der Waals surface area contributed by atoms with Gasteiger partial charge in [-0.1, -0.05) is 24.3 Å². The number of carboxylic acid groups (broad SMARTS) is 1. The van der Waals surface area contributed by atoms with Crippen molar-refractivity contribution < 1.29 is 9.90 Å². The Hall–Kier alpha value is -1.68. The van der Waals surface area contributed by atoms with Gasteiger partial charge in [0.25, 0.3) is 0 Å². The fraction of sp³-hybridized carbons (Fsp3) is 0.286. The van der Waals surface area contributed by atoms with Gasteiger partial charge in [0, 0.05) is 11.3 Å². The van der Waals surface area contributed by atoms with E-state index in [0.29, 0.717) is 0 Å². The summed E-state index contributed by atoms with van der Waals surface area (Å²) in [7, 11) is 0. The highest BCUT2D eigenvalue weighted by Gasteiger charge is 2.24. The van der Waals surface area contributed by atoms with Crippen LogP contribution >= 0.6 is 11.3 Å². The number of aryl methyl sites for hydroxylation is 1. The van der Waals surface area contributed by atoms with Gasteiger partial charge in [0.2, 0.25) is 0 Å². The number of rotatable bonds is 2. The lowest BCUT2D eigenvalue weighted by molar-refractivity contribution is 0.0691. The summed E-state index contributed by atoms with van der Waals surface area (Å²) in [6.45, 7) is 0. The number of aromatic nitrogens is 1. The van der Waals surface area contributed by atoms with Crippen molar-refractivity contribution in [3.8, 4) is 0 Å². The van der Waals surface area contributed by atoms with E-state index in [4.69, 9.17) is 5.11 Å². The molecule has 0 saturated heterocycles. The predicted molar refractivity (Wildman–Crippen MR) is 70.3 cm³/mol. The summed E-state index contributed by atoms with van der Waals surface area (Å²) in [6, 6.07) is 8.41. The normalized spacial score (nSPS) is 18.3. The Labute approximate surface area is 109 Å². The van der Waals surface area contributed by atoms with Crippen LogP contribution in [-0.4, -0.2) is 16.1 Å². The second-order valence-electron chi connectivity index (χ2n) is 4.52. The monoisotopic (exact) mass is 259 g/mol. The Balaban J connectivity index is 2.00. The predicted octanol–water partition coefficient (Wildman–Crippen LogP) is 3.31. The van der Waals surface area contributed by atoms with Crippen LogP contribution < -0.4 is 0 Å². The Morgan fingerprint density at radius 1 is 1.39 bits per heavy atom. The third-order valence-corrected chi connectivity index (χ3v) is 4.37. The zero-order valence-corrected chi connectivity index (χ0v) is 10.6. The molecule has 1 unspecified atom stereocenters. The lowest BCUT2D eigenvalue weighted by atomic mass is 9.83. The Morgan fingerprint density at radius 3 is 3.00 bits per heavy atom. The van der Waals surface area contributed by atoms with Crippen LogP contribution in [0.25, 0.3) is 0 Å². The van der Waals surface area contributed by atoms with Gasteiger partial charge in [0.05, 0.1) is 0 Å². The van der Waals surface area contributed by atoms with Crippen molar-refractivity contribution >= 4 is 17.3 Å². The molecule has 1 aliphatic carbocycles. The topological polar surface area (TPSA) is 50.2 Å². The molecule has 18 heavy (non-hydrogen) atoms. The minimum atomic E-state index is -0.943. The molecule has 0 saturated carbocycles. The molecule has 1 atom stereocenters. The molecule has 0 spiro atoms. The molecule has 1 aliphatic rings. The van der Waals surface area contributed by atoms with Crippen molar-refractivity contribution in [1.82, 2.24) is 4.98 Å². The molecule has 0 amide bonds. The quantitative estimate of drug-likeness (QED) is 0.900. The first-order chi connectivity index (χ1) is 8.75. The number of hydrogen-bond donors (Lipinski definition) is 1. The summed E-state index contributed by atoms with van der Waals surface area (Å²) < 4.78 is 0. The minimum Gasteiger partial charge on any atom is -0.476 e. The molecule has 0 fully saturated rings. The molecule has 1 aromatic heterocycles. The van der Waals surface area contributed by atoms with Crippen LogP contribution in [0, 0.1) is 0 Å². The van der Waals surface area contributed by atoms with E-state index >= 15 is 0 Å². The first kappa shape index (κ1) is 11.4. The second kappa shape index (κ2) is 4.53. The maximum Gasteiger partial charge on any atom is 0.355 e. The van der Waals surface area contributed by atoms with E-state index in [1.807, 2.05) is 6.07 Å². The van der Waals surface area contributed by atoms with Gasteiger partial charge in [-0.05, 0) is 30.4 Å². The summed E-state index contributed by atoms with van der Waals surface area (Å²) in [4.78, 5) is 15.1. The zero-order valence-electron chi connectivity index (χ0n) is 9.80. The highest BCUT2D eigenvalue weighted by Crippen LogP contribution is 2.37. The lowest BCUT2D eigenvalue weighted by Crippen LogP contribution is -2.11. The van der Waals surface area contributed by atoms with Gasteiger partial charge in [0.1, 0.15) is 5.01 Å². The summed E-state index contributed by atoms with van der Waals surface area (Å²) in [5.41, 5.74) is 2.86. The van der Waals surface area contributed by atoms with Crippen molar-refractivity contribution in [3.05, 3.63) is 51.5 Å². The number of carbonyl (C=O) groups is 1. The maximum absolute atomic E-state index is 10.9. The van der Waals surface area contributed by atoms with E-state index in [2.05, 4.69) is 23.2 Å². The SMILES string of the molecule is O=C(O)c1csc(C2CCCc3ccccc32)n1. The van der Waals surface area contributed by atoms with Crippen LogP contribution in [0.4, 0.5) is 0 Å². The molecule has 1 heterocycles. The van der Waals surface area contributed by atoms with Crippen molar-refractivity contribution in [3.63, 3.8) is 0 Å². The number of hydrogen-bond acceptors (Lipinski definition) is 3. The van der Waals surface area contributed by atoms with Gasteiger partial charge in [-0.2, -0.15) is 0 Å². The highest BCUT2D eigenvalue weighted by molar-refractivity contribution is 7.10. The first-order valence-corrected chi connectivity index (χ1v) is 6.90. The molecular formula is C14H13NO2S. The third-order valence-electron chi connectivity index (χ3n) is 3.41. The number of carboxylic acids is 1. The highest BCUT2D eigenvalue weighted by atomic mass is 32.1. The summed E-state index contributed by atoms with van der Waals surface area (Å²) in [5, 5.41) is 11.5. The van der Waals surface area contributed by atoms with Gasteiger partial charge < -0.3 is 5.11 Å². The molecule has 0 bridgehead atoms. The zero-order chi connectivity index (χ0) is 12.5. The summed E-state index contributed by atoms with van der Waals surface area (Å²) in [6.07, 6.45) is 3.32. The fourth-order valence-corrected chi connectivity index (χ4v) is 3.50. The minimum absolute atomic E-state index is 0.165. The van der Waals surface area contributed by atoms with Crippen LogP contribution in [0.15, 0.2) is 29.6 Å². The van der Waals surface area contributed by atoms with E-state index in [-0.39, 0.29) is 11.6 Å². The van der Waals surface area contributed by atoms with Crippen LogP contribution in [0.1, 0.15) is 45.4 Å². The molecule has 1 N–H and O–H groups in total. The number of nitrogens with zero attached hydrogens (tertiary/aromatic N) is 1. The van der Waals surface area contributed by atoms with E-state index in [0.717, 1.165) is 24.3 Å². The summed E-state index contributed by atoms with van der Waals surface area (Å²) in [5.74, 6) is -0.672. The molecule has 1 aromatic carbocycles. The van der Waals surface area contributed by atoms with Gasteiger partial charge in [-0.3, -0.25) is 0 Å². The molecule has 2 aromatic rings. The molecule has 0 radical (unpaired) electrons. The van der Waals surface area contributed by atoms with Crippen molar-refractivity contribution in [2.45, 2.75) is 25.2 Å². The van der Waals surface area contributed by atoms with E-state index in [9.17, 15) is 4.79 Å². The summed E-state index contributed by atoms with van der Waals surface area (Å²) >= 11 is 1.46. The van der Waals surface area contributed by atoms with Crippen LogP contribution in [-0.2, 0) is 6.42 Å². The molecular weight excluding hydrogens is 246 g/mol.